The molecule has 6 nitrogen and oxygen atoms in total. The van der Waals surface area contributed by atoms with Gasteiger partial charge in [-0.1, -0.05) is 35.1 Å². The molecule has 0 unspecified atom stereocenters. The monoisotopic (exact) mass is 428 g/mol. The van der Waals surface area contributed by atoms with Crippen LogP contribution in [0.2, 0.25) is 5.02 Å². The van der Waals surface area contributed by atoms with Crippen molar-refractivity contribution in [3.05, 3.63) is 89.5 Å². The fourth-order valence-corrected chi connectivity index (χ4v) is 4.47. The van der Waals surface area contributed by atoms with E-state index in [9.17, 15) is 9.59 Å². The van der Waals surface area contributed by atoms with Crippen molar-refractivity contribution in [1.82, 2.24) is 4.57 Å². The molecule has 1 atom stereocenters. The lowest BCUT2D eigenvalue weighted by atomic mass is 9.96. The van der Waals surface area contributed by atoms with E-state index in [2.05, 4.69) is 4.99 Å². The van der Waals surface area contributed by atoms with Gasteiger partial charge in [-0.05, 0) is 43.7 Å². The van der Waals surface area contributed by atoms with Crippen LogP contribution in [0.3, 0.4) is 0 Å². The van der Waals surface area contributed by atoms with Crippen molar-refractivity contribution >= 4 is 35.0 Å². The van der Waals surface area contributed by atoms with E-state index in [1.807, 2.05) is 13.0 Å². The minimum Gasteiger partial charge on any atom is -0.466 e. The molecule has 0 amide bonds. The van der Waals surface area contributed by atoms with E-state index in [4.69, 9.17) is 20.8 Å². The third-order valence-electron chi connectivity index (χ3n) is 4.65. The predicted molar refractivity (Wildman–Crippen MR) is 111 cm³/mol. The fourth-order valence-electron chi connectivity index (χ4n) is 3.31. The lowest BCUT2D eigenvalue weighted by Gasteiger charge is -2.24. The Bertz CT molecular complexity index is 1310. The summed E-state index contributed by atoms with van der Waals surface area (Å²) < 4.78 is 12.5. The highest BCUT2D eigenvalue weighted by molar-refractivity contribution is 7.07. The normalized spacial score (nSPS) is 16.6. The van der Waals surface area contributed by atoms with Crippen LogP contribution in [0.4, 0.5) is 0 Å². The van der Waals surface area contributed by atoms with Gasteiger partial charge < -0.3 is 9.15 Å². The van der Waals surface area contributed by atoms with Crippen molar-refractivity contribution in [3.63, 3.8) is 0 Å². The van der Waals surface area contributed by atoms with Gasteiger partial charge in [0.1, 0.15) is 11.5 Å². The maximum Gasteiger partial charge on any atom is 0.338 e. The number of fused-ring (bicyclic) bond motifs is 1. The van der Waals surface area contributed by atoms with Crippen LogP contribution >= 0.6 is 22.9 Å². The highest BCUT2D eigenvalue weighted by Gasteiger charge is 2.33. The predicted octanol–water partition coefficient (Wildman–Crippen LogP) is 2.96. The summed E-state index contributed by atoms with van der Waals surface area (Å²) in [6.07, 6.45) is 1.69. The van der Waals surface area contributed by atoms with Crippen LogP contribution in [-0.2, 0) is 9.53 Å². The standard InChI is InChI=1S/C21H17ClN2O4S/c1-11-4-9-15(28-11)10-16-19(25)24-18(13-5-7-14(22)8-6-13)17(20(26)27-3)12(2)23-21(24)29-16/h4-10,18H,1-3H3/b16-10-/t18-/m1/s1. The number of thiazole rings is 1. The molecule has 3 heterocycles. The Kier molecular flexibility index (Phi) is 5.02. The molecule has 1 aliphatic heterocycles. The maximum atomic E-state index is 13.3. The van der Waals surface area contributed by atoms with Crippen LogP contribution in [0.25, 0.3) is 6.08 Å². The highest BCUT2D eigenvalue weighted by Crippen LogP contribution is 2.31. The molecule has 0 bridgehead atoms. The summed E-state index contributed by atoms with van der Waals surface area (Å²) >= 11 is 7.28. The summed E-state index contributed by atoms with van der Waals surface area (Å²) in [7, 11) is 1.31. The van der Waals surface area contributed by atoms with Crippen LogP contribution < -0.4 is 14.9 Å². The van der Waals surface area contributed by atoms with Gasteiger partial charge in [0.05, 0.1) is 29.0 Å². The minimum absolute atomic E-state index is 0.253. The average molecular weight is 429 g/mol. The number of halogens is 1. The number of hydrogen-bond acceptors (Lipinski definition) is 6. The Labute approximate surface area is 175 Å². The number of aromatic nitrogens is 1. The Hall–Kier alpha value is -2.90. The number of aryl methyl sites for hydroxylation is 1. The first-order valence-corrected chi connectivity index (χ1v) is 10.0. The van der Waals surface area contributed by atoms with Crippen molar-refractivity contribution in [2.45, 2.75) is 19.9 Å². The smallest absolute Gasteiger partial charge is 0.338 e. The van der Waals surface area contributed by atoms with Gasteiger partial charge in [0.25, 0.3) is 5.56 Å². The molecule has 0 fully saturated rings. The van der Waals surface area contributed by atoms with E-state index in [0.717, 1.165) is 11.3 Å². The second-order valence-electron chi connectivity index (χ2n) is 6.57. The molecule has 0 N–H and O–H groups in total. The second kappa shape index (κ2) is 7.50. The van der Waals surface area contributed by atoms with Gasteiger partial charge in [-0.2, -0.15) is 0 Å². The van der Waals surface area contributed by atoms with Gasteiger partial charge in [-0.15, -0.1) is 0 Å². The zero-order valence-electron chi connectivity index (χ0n) is 15.9. The number of rotatable bonds is 3. The molecule has 1 aliphatic rings. The topological polar surface area (TPSA) is 73.8 Å². The molecule has 148 valence electrons. The summed E-state index contributed by atoms with van der Waals surface area (Å²) in [4.78, 5) is 30.8. The Morgan fingerprint density at radius 2 is 1.97 bits per heavy atom. The molecule has 8 heteroatoms. The van der Waals surface area contributed by atoms with E-state index in [-0.39, 0.29) is 5.56 Å². The van der Waals surface area contributed by atoms with E-state index in [1.54, 1.807) is 43.3 Å². The van der Waals surface area contributed by atoms with Crippen molar-refractivity contribution < 1.29 is 13.9 Å². The lowest BCUT2D eigenvalue weighted by Crippen LogP contribution is -2.39. The van der Waals surface area contributed by atoms with Crippen molar-refractivity contribution in [1.29, 1.82) is 0 Å². The third-order valence-corrected chi connectivity index (χ3v) is 5.88. The third kappa shape index (κ3) is 3.47. The molecule has 29 heavy (non-hydrogen) atoms. The molecule has 0 radical (unpaired) electrons. The average Bonchev–Trinajstić information content (AvgIpc) is 3.24. The molecule has 2 aromatic heterocycles. The first-order valence-electron chi connectivity index (χ1n) is 8.82. The number of esters is 1. The van der Waals surface area contributed by atoms with Gasteiger partial charge in [-0.3, -0.25) is 9.36 Å². The first-order chi connectivity index (χ1) is 13.9. The van der Waals surface area contributed by atoms with E-state index in [1.165, 1.54) is 23.0 Å². The van der Waals surface area contributed by atoms with Crippen LogP contribution in [0, 0.1) is 6.92 Å². The van der Waals surface area contributed by atoms with Gasteiger partial charge >= 0.3 is 5.97 Å². The number of ether oxygens (including phenoxy) is 1. The second-order valence-corrected chi connectivity index (χ2v) is 8.02. The summed E-state index contributed by atoms with van der Waals surface area (Å²) in [5.74, 6) is 0.814. The minimum atomic E-state index is -0.656. The first kappa shape index (κ1) is 19.4. The molecule has 3 aromatic rings. The van der Waals surface area contributed by atoms with Gasteiger partial charge in [0, 0.05) is 11.1 Å². The van der Waals surface area contributed by atoms with Crippen LogP contribution in [-0.4, -0.2) is 17.6 Å². The molecular weight excluding hydrogens is 412 g/mol. The number of nitrogens with zero attached hydrogens (tertiary/aromatic N) is 2. The summed E-state index contributed by atoms with van der Waals surface area (Å²) in [6, 6.07) is 10.0. The largest absolute Gasteiger partial charge is 0.466 e. The number of allylic oxidation sites excluding steroid dienone is 1. The SMILES string of the molecule is COC(=O)C1=C(C)N=c2s/c(=C\c3ccc(C)o3)c(=O)n2[C@@H]1c1ccc(Cl)cc1. The number of methoxy groups -OCH3 is 1. The highest BCUT2D eigenvalue weighted by atomic mass is 35.5. The van der Waals surface area contributed by atoms with E-state index >= 15 is 0 Å². The van der Waals surface area contributed by atoms with Crippen LogP contribution in [0.1, 0.15) is 30.0 Å². The molecule has 1 aromatic carbocycles. The molecular formula is C21H17ClN2O4S. The molecule has 0 saturated carbocycles. The van der Waals surface area contributed by atoms with Crippen molar-refractivity contribution in [3.8, 4) is 0 Å². The van der Waals surface area contributed by atoms with Crippen LogP contribution in [0.15, 0.2) is 61.9 Å². The van der Waals surface area contributed by atoms with Gasteiger partial charge in [-0.25, -0.2) is 9.79 Å². The fraction of sp³-hybridized carbons (Fsp3) is 0.190. The van der Waals surface area contributed by atoms with Gasteiger partial charge in [0.2, 0.25) is 0 Å². The number of hydrogen-bond donors (Lipinski definition) is 0. The van der Waals surface area contributed by atoms with Crippen LogP contribution in [0.5, 0.6) is 0 Å². The summed E-state index contributed by atoms with van der Waals surface area (Å²) in [5, 5.41) is 0.565. The number of furan rings is 1. The summed E-state index contributed by atoms with van der Waals surface area (Å²) in [6.45, 7) is 3.58. The number of carbonyl (C=O) groups is 1. The Balaban J connectivity index is 1.98. The molecule has 4 rings (SSSR count). The molecule has 0 saturated heterocycles. The Morgan fingerprint density at radius 3 is 2.59 bits per heavy atom. The van der Waals surface area contributed by atoms with E-state index in [0.29, 0.717) is 31.4 Å². The number of carbonyl (C=O) groups excluding carboxylic acids is 1. The van der Waals surface area contributed by atoms with Crippen molar-refractivity contribution in [2.24, 2.45) is 4.99 Å². The van der Waals surface area contributed by atoms with E-state index < -0.39 is 12.0 Å². The summed E-state index contributed by atoms with van der Waals surface area (Å²) in [5.41, 5.74) is 1.32. The molecule has 0 spiro atoms. The maximum absolute atomic E-state index is 13.3. The quantitative estimate of drug-likeness (QED) is 0.601. The Morgan fingerprint density at radius 1 is 1.24 bits per heavy atom. The zero-order valence-corrected chi connectivity index (χ0v) is 17.5. The van der Waals surface area contributed by atoms with Gasteiger partial charge in [0.15, 0.2) is 4.80 Å². The zero-order chi connectivity index (χ0) is 20.7. The molecule has 0 aliphatic carbocycles. The number of benzene rings is 1. The lowest BCUT2D eigenvalue weighted by molar-refractivity contribution is -0.136. The van der Waals surface area contributed by atoms with Crippen molar-refractivity contribution in [2.75, 3.05) is 7.11 Å².